The average Bonchev–Trinajstić information content (AvgIpc) is 2.85. The first kappa shape index (κ1) is 29.6. The van der Waals surface area contributed by atoms with Crippen LogP contribution in [0.3, 0.4) is 0 Å². The number of halogens is 2. The molecule has 0 aliphatic carbocycles. The summed E-state index contributed by atoms with van der Waals surface area (Å²) < 4.78 is 2.93. The molecule has 0 aliphatic rings. The number of hydrogen-bond acceptors (Lipinski definition) is 3. The van der Waals surface area contributed by atoms with E-state index < -0.39 is 13.5 Å². The predicted octanol–water partition coefficient (Wildman–Crippen LogP) is 8.26. The Kier molecular flexibility index (Phi) is 14.1. The normalized spacial score (nSPS) is 10.1. The van der Waals surface area contributed by atoms with Crippen molar-refractivity contribution in [2.45, 2.75) is 20.8 Å². The van der Waals surface area contributed by atoms with Crippen molar-refractivity contribution in [3.63, 3.8) is 0 Å². The first-order valence-electron chi connectivity index (χ1n) is 10.2. The van der Waals surface area contributed by atoms with Crippen molar-refractivity contribution in [1.82, 2.24) is 15.0 Å². The number of rotatable bonds is 2. The number of nitrogens with zero attached hydrogens (tertiary/aromatic N) is 3. The number of pyridine rings is 3. The summed E-state index contributed by atoms with van der Waals surface area (Å²) in [5.74, 6) is 0. The molecular weight excluding hydrogens is 550 g/mol. The Morgan fingerprint density at radius 1 is 0.618 bits per heavy atom. The molecule has 0 aliphatic heterocycles. The van der Waals surface area contributed by atoms with Gasteiger partial charge in [-0.2, -0.15) is 0 Å². The topological polar surface area (TPSA) is 38.7 Å². The zero-order valence-corrected chi connectivity index (χ0v) is 23.1. The third kappa shape index (κ3) is 12.7. The fourth-order valence-corrected chi connectivity index (χ4v) is 3.85. The van der Waals surface area contributed by atoms with Crippen LogP contribution >= 0.6 is 19.4 Å². The van der Waals surface area contributed by atoms with Gasteiger partial charge in [-0.05, 0) is 58.7 Å². The van der Waals surface area contributed by atoms with E-state index in [1.54, 1.807) is 24.8 Å². The summed E-state index contributed by atoms with van der Waals surface area (Å²) in [6.45, 7) is 6.27. The summed E-state index contributed by atoms with van der Waals surface area (Å²) in [5, 5.41) is 0. The van der Waals surface area contributed by atoms with E-state index >= 15 is 0 Å². The molecule has 0 fully saturated rings. The second-order valence-electron chi connectivity index (χ2n) is 7.87. The van der Waals surface area contributed by atoms with E-state index in [0.29, 0.717) is 0 Å². The van der Waals surface area contributed by atoms with Crippen molar-refractivity contribution >= 4 is 23.6 Å². The van der Waals surface area contributed by atoms with E-state index in [2.05, 4.69) is 52.1 Å². The van der Waals surface area contributed by atoms with E-state index in [1.165, 1.54) is 22.3 Å². The Balaban J connectivity index is 0.000000255. The molecule has 0 amide bonds. The second-order valence-corrected chi connectivity index (χ2v) is 13.2. The van der Waals surface area contributed by atoms with Crippen molar-refractivity contribution < 1.29 is 13.5 Å². The molecule has 0 bridgehead atoms. The molecular formula is C28H30Cl2N3Ru-. The smallest absolute Gasteiger partial charge is 0.0273 e. The number of hydrogen-bond donors (Lipinski definition) is 0. The van der Waals surface area contributed by atoms with Gasteiger partial charge < -0.3 is 7.43 Å². The molecule has 0 saturated heterocycles. The first-order valence-corrected chi connectivity index (χ1v) is 15.6. The van der Waals surface area contributed by atoms with Crippen LogP contribution in [0.1, 0.15) is 20.8 Å². The molecule has 3 nitrogen and oxygen atoms in total. The molecule has 34 heavy (non-hydrogen) atoms. The Hall–Kier alpha value is -2.48. The fourth-order valence-electron chi connectivity index (χ4n) is 2.46. The summed E-state index contributed by atoms with van der Waals surface area (Å²) in [4.78, 5) is 11.9. The zero-order valence-electron chi connectivity index (χ0n) is 19.8. The SMILES string of the molecule is CC(C)(C)C=[C]=[Ru]([Cl])[Cl].[CH3-].c1cc(-c2ccncc2)ccn1.c1ccc(-c2ccncc2)cc1. The molecule has 1 aromatic carbocycles. The number of allylic oxidation sites excluding steroid dienone is 1. The summed E-state index contributed by atoms with van der Waals surface area (Å²) >= 11 is -1.67. The number of aromatic nitrogens is 3. The largest absolute Gasteiger partial charge is 0.358 e. The van der Waals surface area contributed by atoms with Gasteiger partial charge >= 0.3 is 69.4 Å². The molecule has 3 aromatic heterocycles. The Morgan fingerprint density at radius 2 is 0.941 bits per heavy atom. The van der Waals surface area contributed by atoms with Gasteiger partial charge in [0.2, 0.25) is 0 Å². The molecule has 0 radical (unpaired) electrons. The third-order valence-electron chi connectivity index (χ3n) is 4.04. The van der Waals surface area contributed by atoms with Gasteiger partial charge in [0.25, 0.3) is 0 Å². The van der Waals surface area contributed by atoms with Gasteiger partial charge in [-0.25, -0.2) is 0 Å². The molecule has 3 heterocycles. The number of benzene rings is 1. The zero-order chi connectivity index (χ0) is 23.9. The van der Waals surface area contributed by atoms with E-state index in [4.69, 9.17) is 19.4 Å². The van der Waals surface area contributed by atoms with Crippen molar-refractivity contribution in [2.24, 2.45) is 5.41 Å². The van der Waals surface area contributed by atoms with Crippen LogP contribution in [-0.4, -0.2) is 19.2 Å². The Bertz CT molecular complexity index is 972. The molecule has 0 saturated carbocycles. The molecule has 4 aromatic rings. The molecule has 0 N–H and O–H groups in total. The van der Waals surface area contributed by atoms with E-state index in [1.807, 2.05) is 73.1 Å². The van der Waals surface area contributed by atoms with Gasteiger partial charge in [0.1, 0.15) is 0 Å². The van der Waals surface area contributed by atoms with Crippen molar-refractivity contribution in [3.05, 3.63) is 117 Å². The van der Waals surface area contributed by atoms with Crippen LogP contribution in [0.25, 0.3) is 22.3 Å². The second kappa shape index (κ2) is 16.2. The van der Waals surface area contributed by atoms with Gasteiger partial charge in [0, 0.05) is 37.2 Å². The quantitative estimate of drug-likeness (QED) is 0.177. The minimum absolute atomic E-state index is 0. The third-order valence-corrected chi connectivity index (χ3v) is 5.59. The predicted molar refractivity (Wildman–Crippen MR) is 144 cm³/mol. The monoisotopic (exact) mass is 580 g/mol. The van der Waals surface area contributed by atoms with Crippen molar-refractivity contribution in [2.75, 3.05) is 0 Å². The molecule has 180 valence electrons. The molecule has 0 spiro atoms. The fraction of sp³-hybridized carbons (Fsp3) is 0.143. The van der Waals surface area contributed by atoms with Gasteiger partial charge in [-0.3, -0.25) is 15.0 Å². The van der Waals surface area contributed by atoms with E-state index in [0.717, 1.165) is 0 Å². The summed E-state index contributed by atoms with van der Waals surface area (Å²) in [6.07, 6.45) is 12.7. The maximum atomic E-state index is 5.55. The van der Waals surface area contributed by atoms with E-state index in [9.17, 15) is 0 Å². The van der Waals surface area contributed by atoms with Crippen LogP contribution in [0.4, 0.5) is 0 Å². The van der Waals surface area contributed by atoms with Crippen LogP contribution < -0.4 is 0 Å². The Morgan fingerprint density at radius 3 is 1.21 bits per heavy atom. The summed E-state index contributed by atoms with van der Waals surface area (Å²) in [5.41, 5.74) is 4.96. The summed E-state index contributed by atoms with van der Waals surface area (Å²) in [6, 6.07) is 22.2. The standard InChI is InChI=1S/C11H9N.C10H8N2.C6H10.CH3.2ClH.Ru/c1-2-4-10(5-3-1)11-6-8-12-9-7-11;1-5-11-6-2-9(1)10-3-7-12-8-4-10;1-5-6(2,3)4;;;;/h1-9H;1-8H;5H,2-4H3;1H3;2*1H;/q;;;-1;;;+2/p-2. The Labute approximate surface area is 217 Å². The van der Waals surface area contributed by atoms with Crippen LogP contribution in [-0.2, 0) is 13.5 Å². The maximum absolute atomic E-state index is 5.55. The minimum atomic E-state index is -1.67. The van der Waals surface area contributed by atoms with Gasteiger partial charge in [0.05, 0.1) is 0 Å². The van der Waals surface area contributed by atoms with Crippen LogP contribution in [0.2, 0.25) is 0 Å². The maximum Gasteiger partial charge on any atom is 0.0273 e. The van der Waals surface area contributed by atoms with Gasteiger partial charge in [-0.1, -0.05) is 30.3 Å². The van der Waals surface area contributed by atoms with Crippen LogP contribution in [0, 0.1) is 12.8 Å². The van der Waals surface area contributed by atoms with E-state index in [-0.39, 0.29) is 12.8 Å². The molecule has 4 rings (SSSR count). The molecule has 0 unspecified atom stereocenters. The molecule has 0 atom stereocenters. The summed E-state index contributed by atoms with van der Waals surface area (Å²) in [7, 11) is 11.1. The molecule has 6 heteroatoms. The first-order chi connectivity index (χ1) is 15.8. The minimum Gasteiger partial charge on any atom is -0.358 e. The average molecular weight is 581 g/mol. The van der Waals surface area contributed by atoms with Crippen molar-refractivity contribution in [3.8, 4) is 22.3 Å². The van der Waals surface area contributed by atoms with Crippen LogP contribution in [0.5, 0.6) is 0 Å². The van der Waals surface area contributed by atoms with Crippen molar-refractivity contribution in [1.29, 1.82) is 0 Å². The van der Waals surface area contributed by atoms with Crippen LogP contribution in [0.15, 0.2) is 110 Å². The van der Waals surface area contributed by atoms with Gasteiger partial charge in [0.15, 0.2) is 0 Å². The van der Waals surface area contributed by atoms with Gasteiger partial charge in [-0.15, -0.1) is 0 Å².